The van der Waals surface area contributed by atoms with Crippen LogP contribution in [0.15, 0.2) is 59.6 Å². The quantitative estimate of drug-likeness (QED) is 0.805. The summed E-state index contributed by atoms with van der Waals surface area (Å²) in [6, 6.07) is 16.3. The van der Waals surface area contributed by atoms with Crippen LogP contribution in [0.2, 0.25) is 0 Å². The normalized spacial score (nSPS) is 18.2. The van der Waals surface area contributed by atoms with E-state index in [4.69, 9.17) is 4.74 Å². The van der Waals surface area contributed by atoms with E-state index in [0.717, 1.165) is 11.4 Å². The van der Waals surface area contributed by atoms with Crippen molar-refractivity contribution < 1.29 is 14.3 Å². The zero-order valence-corrected chi connectivity index (χ0v) is 14.6. The molecule has 1 fully saturated rings. The van der Waals surface area contributed by atoms with E-state index in [2.05, 4.69) is 10.3 Å². The van der Waals surface area contributed by atoms with Crippen LogP contribution in [-0.2, 0) is 4.79 Å². The van der Waals surface area contributed by atoms with Crippen LogP contribution in [0.1, 0.15) is 23.7 Å². The van der Waals surface area contributed by atoms with E-state index in [1.54, 1.807) is 12.1 Å². The van der Waals surface area contributed by atoms with Gasteiger partial charge in [-0.15, -0.1) is 0 Å². The van der Waals surface area contributed by atoms with Gasteiger partial charge in [0.1, 0.15) is 5.75 Å². The number of rotatable bonds is 6. The highest BCUT2D eigenvalue weighted by atomic mass is 32.2. The van der Waals surface area contributed by atoms with Gasteiger partial charge < -0.3 is 10.1 Å². The maximum atomic E-state index is 12.3. The Morgan fingerprint density at radius 3 is 2.56 bits per heavy atom. The number of nitrogens with zero attached hydrogens (tertiary/aromatic N) is 1. The fraction of sp³-hybridized carbons (Fsp3) is 0.211. The number of nitrogens with one attached hydrogen (secondary N) is 1. The molecule has 2 aromatic rings. The molecule has 0 saturated carbocycles. The van der Waals surface area contributed by atoms with E-state index in [0.29, 0.717) is 17.3 Å². The van der Waals surface area contributed by atoms with Gasteiger partial charge in [0.2, 0.25) is 5.91 Å². The van der Waals surface area contributed by atoms with Crippen molar-refractivity contribution in [3.8, 4) is 5.75 Å². The summed E-state index contributed by atoms with van der Waals surface area (Å²) in [5, 5.41) is 2.80. The Bertz CT molecular complexity index is 788. The number of benzene rings is 2. The van der Waals surface area contributed by atoms with Gasteiger partial charge in [0.25, 0.3) is 0 Å². The molecule has 3 rings (SSSR count). The van der Waals surface area contributed by atoms with E-state index in [-0.39, 0.29) is 18.1 Å². The molecule has 1 aliphatic rings. The van der Waals surface area contributed by atoms with Crippen molar-refractivity contribution in [1.82, 2.24) is 5.32 Å². The molecule has 6 heteroatoms. The predicted molar refractivity (Wildman–Crippen MR) is 99.6 cm³/mol. The fourth-order valence-electron chi connectivity index (χ4n) is 2.40. The molecule has 25 heavy (non-hydrogen) atoms. The van der Waals surface area contributed by atoms with Crippen molar-refractivity contribution in [3.05, 3.63) is 60.2 Å². The number of amidine groups is 1. The number of ketones is 1. The lowest BCUT2D eigenvalue weighted by atomic mass is 10.1. The first-order valence-corrected chi connectivity index (χ1v) is 8.91. The lowest BCUT2D eigenvalue weighted by Crippen LogP contribution is -2.26. The van der Waals surface area contributed by atoms with Crippen molar-refractivity contribution >= 4 is 34.3 Å². The molecule has 2 aromatic carbocycles. The van der Waals surface area contributed by atoms with Gasteiger partial charge in [-0.2, -0.15) is 0 Å². The summed E-state index contributed by atoms with van der Waals surface area (Å²) < 4.78 is 5.39. The summed E-state index contributed by atoms with van der Waals surface area (Å²) in [6.07, 6.45) is 0.156. The highest BCUT2D eigenvalue weighted by Crippen LogP contribution is 2.27. The summed E-state index contributed by atoms with van der Waals surface area (Å²) in [6.45, 7) is 2.53. The van der Waals surface area contributed by atoms with Crippen molar-refractivity contribution in [2.45, 2.75) is 18.6 Å². The number of amides is 1. The van der Waals surface area contributed by atoms with Gasteiger partial charge in [0.15, 0.2) is 11.0 Å². The lowest BCUT2D eigenvalue weighted by molar-refractivity contribution is -0.118. The number of carbonyl (C=O) groups excluding carboxylic acids is 2. The minimum atomic E-state index is -0.450. The summed E-state index contributed by atoms with van der Waals surface area (Å²) in [4.78, 5) is 28.8. The number of thioether (sulfide) groups is 1. The molecule has 1 aliphatic heterocycles. The molecule has 128 valence electrons. The smallest absolute Gasteiger partial charge is 0.240 e. The van der Waals surface area contributed by atoms with E-state index in [9.17, 15) is 9.59 Å². The molecular formula is C19H18N2O3S. The molecule has 1 N–H and O–H groups in total. The Kier molecular flexibility index (Phi) is 5.50. The number of carbonyl (C=O) groups is 2. The van der Waals surface area contributed by atoms with E-state index < -0.39 is 5.25 Å². The SMILES string of the molecule is CCOc1ccc(N=C2NC(=O)[C@@H](CC(=O)c3ccccc3)S2)cc1. The molecule has 0 aliphatic carbocycles. The molecule has 1 saturated heterocycles. The topological polar surface area (TPSA) is 67.8 Å². The van der Waals surface area contributed by atoms with Gasteiger partial charge in [0.05, 0.1) is 17.5 Å². The van der Waals surface area contributed by atoms with Crippen molar-refractivity contribution in [3.63, 3.8) is 0 Å². The second kappa shape index (κ2) is 7.98. The standard InChI is InChI=1S/C19H18N2O3S/c1-2-24-15-10-8-14(9-11-15)20-19-21-18(23)17(25-19)12-16(22)13-6-4-3-5-7-13/h3-11,17H,2,12H2,1H3,(H,20,21,23)/t17-/m1/s1. The number of ether oxygens (including phenoxy) is 1. The number of aliphatic imine (C=N–C) groups is 1. The van der Waals surface area contributed by atoms with Crippen LogP contribution in [0.25, 0.3) is 0 Å². The zero-order valence-electron chi connectivity index (χ0n) is 13.8. The average Bonchev–Trinajstić information content (AvgIpc) is 2.97. The Hall–Kier alpha value is -2.60. The van der Waals surface area contributed by atoms with E-state index in [1.807, 2.05) is 49.4 Å². The summed E-state index contributed by atoms with van der Waals surface area (Å²) in [5.41, 5.74) is 1.34. The van der Waals surface area contributed by atoms with Gasteiger partial charge in [0, 0.05) is 12.0 Å². The van der Waals surface area contributed by atoms with Gasteiger partial charge in [-0.25, -0.2) is 4.99 Å². The maximum Gasteiger partial charge on any atom is 0.240 e. The first-order chi connectivity index (χ1) is 12.2. The zero-order chi connectivity index (χ0) is 17.6. The molecular weight excluding hydrogens is 336 g/mol. The van der Waals surface area contributed by atoms with Crippen molar-refractivity contribution in [1.29, 1.82) is 0 Å². The van der Waals surface area contributed by atoms with Gasteiger partial charge in [-0.3, -0.25) is 9.59 Å². The van der Waals surface area contributed by atoms with Crippen LogP contribution < -0.4 is 10.1 Å². The number of Topliss-reactive ketones (excluding diaryl/α,β-unsaturated/α-hetero) is 1. The first kappa shape index (κ1) is 17.2. The molecule has 5 nitrogen and oxygen atoms in total. The molecule has 0 unspecified atom stereocenters. The Morgan fingerprint density at radius 2 is 1.88 bits per heavy atom. The minimum absolute atomic E-state index is 0.0458. The molecule has 1 atom stereocenters. The number of hydrogen-bond acceptors (Lipinski definition) is 5. The second-order valence-corrected chi connectivity index (χ2v) is 6.62. The lowest BCUT2D eigenvalue weighted by Gasteiger charge is -2.04. The highest BCUT2D eigenvalue weighted by Gasteiger charge is 2.32. The van der Waals surface area contributed by atoms with Crippen LogP contribution in [0.3, 0.4) is 0 Å². The highest BCUT2D eigenvalue weighted by molar-refractivity contribution is 8.15. The van der Waals surface area contributed by atoms with E-state index in [1.165, 1.54) is 11.8 Å². The molecule has 0 radical (unpaired) electrons. The summed E-state index contributed by atoms with van der Waals surface area (Å²) >= 11 is 1.29. The average molecular weight is 354 g/mol. The molecule has 1 heterocycles. The Morgan fingerprint density at radius 1 is 1.16 bits per heavy atom. The largest absolute Gasteiger partial charge is 0.494 e. The van der Waals surface area contributed by atoms with Gasteiger partial charge in [-0.1, -0.05) is 42.1 Å². The summed E-state index contributed by atoms with van der Waals surface area (Å²) in [5.74, 6) is 0.551. The van der Waals surface area contributed by atoms with Crippen LogP contribution >= 0.6 is 11.8 Å². The first-order valence-electron chi connectivity index (χ1n) is 8.03. The molecule has 0 spiro atoms. The van der Waals surface area contributed by atoms with Crippen LogP contribution in [0.4, 0.5) is 5.69 Å². The van der Waals surface area contributed by atoms with Crippen molar-refractivity contribution in [2.75, 3.05) is 6.61 Å². The minimum Gasteiger partial charge on any atom is -0.494 e. The summed E-state index contributed by atoms with van der Waals surface area (Å²) in [7, 11) is 0. The molecule has 1 amide bonds. The van der Waals surface area contributed by atoms with Crippen LogP contribution in [-0.4, -0.2) is 28.7 Å². The molecule has 0 aromatic heterocycles. The third-order valence-electron chi connectivity index (χ3n) is 3.62. The van der Waals surface area contributed by atoms with E-state index >= 15 is 0 Å². The molecule has 0 bridgehead atoms. The fourth-order valence-corrected chi connectivity index (χ4v) is 3.39. The predicted octanol–water partition coefficient (Wildman–Crippen LogP) is 3.58. The van der Waals surface area contributed by atoms with Gasteiger partial charge in [-0.05, 0) is 31.2 Å². The monoisotopic (exact) mass is 354 g/mol. The van der Waals surface area contributed by atoms with Gasteiger partial charge >= 0.3 is 0 Å². The number of hydrogen-bond donors (Lipinski definition) is 1. The Balaban J connectivity index is 1.64. The maximum absolute atomic E-state index is 12.3. The van der Waals surface area contributed by atoms with Crippen molar-refractivity contribution in [2.24, 2.45) is 4.99 Å². The van der Waals surface area contributed by atoms with Crippen LogP contribution in [0, 0.1) is 0 Å². The Labute approximate surface area is 150 Å². The third-order valence-corrected chi connectivity index (χ3v) is 4.70. The van der Waals surface area contributed by atoms with Crippen LogP contribution in [0.5, 0.6) is 5.75 Å². The third kappa shape index (κ3) is 4.48. The second-order valence-electron chi connectivity index (χ2n) is 5.43.